The Morgan fingerprint density at radius 3 is 2.70 bits per heavy atom. The Balaban J connectivity index is 1.63. The highest BCUT2D eigenvalue weighted by Crippen LogP contribution is 2.47. The van der Waals surface area contributed by atoms with E-state index in [2.05, 4.69) is 10.2 Å². The first-order valence-corrected chi connectivity index (χ1v) is 8.14. The first-order valence-electron chi connectivity index (χ1n) is 8.14. The number of nitrogens with one attached hydrogen (secondary N) is 1. The van der Waals surface area contributed by atoms with Gasteiger partial charge in [-0.15, -0.1) is 0 Å². The minimum Gasteiger partial charge on any atom is -0.493 e. The number of fused-ring (bicyclic) bond motifs is 2. The molecule has 3 atom stereocenters. The van der Waals surface area contributed by atoms with Gasteiger partial charge in [-0.2, -0.15) is 5.10 Å². The minimum absolute atomic E-state index is 0.208. The van der Waals surface area contributed by atoms with Gasteiger partial charge in [0, 0.05) is 11.6 Å². The molecule has 1 aromatic carbocycles. The molecule has 3 unspecified atom stereocenters. The van der Waals surface area contributed by atoms with Gasteiger partial charge in [-0.05, 0) is 61.8 Å². The Morgan fingerprint density at radius 2 is 2.04 bits per heavy atom. The van der Waals surface area contributed by atoms with Gasteiger partial charge in [0.2, 0.25) is 0 Å². The lowest BCUT2D eigenvalue weighted by Crippen LogP contribution is -2.23. The number of methoxy groups -OCH3 is 1. The van der Waals surface area contributed by atoms with Crippen molar-refractivity contribution in [2.24, 2.45) is 11.8 Å². The summed E-state index contributed by atoms with van der Waals surface area (Å²) in [5, 5.41) is 6.55. The molecule has 5 heteroatoms. The second kappa shape index (κ2) is 5.72. The summed E-state index contributed by atoms with van der Waals surface area (Å²) in [5.41, 5.74) is 1.41. The van der Waals surface area contributed by atoms with E-state index in [9.17, 15) is 4.79 Å². The van der Waals surface area contributed by atoms with Gasteiger partial charge in [-0.25, -0.2) is 5.10 Å². The number of aromatic nitrogens is 2. The zero-order chi connectivity index (χ0) is 15.8. The fourth-order valence-corrected chi connectivity index (χ4v) is 3.93. The number of aromatic amines is 1. The van der Waals surface area contributed by atoms with Gasteiger partial charge in [0.05, 0.1) is 12.8 Å². The molecule has 0 aliphatic heterocycles. The van der Waals surface area contributed by atoms with Crippen LogP contribution in [0.25, 0.3) is 11.3 Å². The van der Waals surface area contributed by atoms with Crippen molar-refractivity contribution in [3.63, 3.8) is 0 Å². The van der Waals surface area contributed by atoms with E-state index in [1.54, 1.807) is 13.2 Å². The summed E-state index contributed by atoms with van der Waals surface area (Å²) < 4.78 is 11.7. The smallest absolute Gasteiger partial charge is 0.264 e. The molecule has 4 rings (SSSR count). The average Bonchev–Trinajstić information content (AvgIpc) is 3.18. The summed E-state index contributed by atoms with van der Waals surface area (Å²) in [7, 11) is 1.65. The normalized spacial score (nSPS) is 25.5. The molecule has 120 valence electrons. The lowest BCUT2D eigenvalue weighted by molar-refractivity contribution is 0.133. The maximum Gasteiger partial charge on any atom is 0.264 e. The zero-order valence-electron chi connectivity index (χ0n) is 13.1. The molecule has 2 saturated carbocycles. The maximum absolute atomic E-state index is 11.2. The van der Waals surface area contributed by atoms with Gasteiger partial charge in [-0.3, -0.25) is 4.79 Å². The van der Waals surface area contributed by atoms with Crippen molar-refractivity contribution in [3.05, 3.63) is 40.7 Å². The van der Waals surface area contributed by atoms with E-state index in [1.807, 2.05) is 18.2 Å². The van der Waals surface area contributed by atoms with Crippen molar-refractivity contribution in [1.82, 2.24) is 10.2 Å². The number of hydrogen-bond donors (Lipinski definition) is 1. The Morgan fingerprint density at radius 1 is 1.13 bits per heavy atom. The zero-order valence-corrected chi connectivity index (χ0v) is 13.1. The third kappa shape index (κ3) is 2.71. The van der Waals surface area contributed by atoms with Crippen LogP contribution in [0.5, 0.6) is 11.5 Å². The minimum atomic E-state index is -0.208. The van der Waals surface area contributed by atoms with Crippen molar-refractivity contribution in [1.29, 1.82) is 0 Å². The summed E-state index contributed by atoms with van der Waals surface area (Å²) in [6.45, 7) is 0. The molecule has 2 fully saturated rings. The SMILES string of the molecule is COc1ccc(-c2ccc(=O)[nH]n2)cc1OC1CC2CCC1C2. The van der Waals surface area contributed by atoms with Gasteiger partial charge >= 0.3 is 0 Å². The molecular weight excluding hydrogens is 292 g/mol. The van der Waals surface area contributed by atoms with Gasteiger partial charge in [0.15, 0.2) is 11.5 Å². The van der Waals surface area contributed by atoms with Crippen LogP contribution in [0.4, 0.5) is 0 Å². The van der Waals surface area contributed by atoms with Crippen LogP contribution < -0.4 is 15.0 Å². The third-order valence-corrected chi connectivity index (χ3v) is 5.09. The van der Waals surface area contributed by atoms with Crippen molar-refractivity contribution >= 4 is 0 Å². The molecule has 2 aliphatic rings. The molecule has 1 heterocycles. The van der Waals surface area contributed by atoms with E-state index >= 15 is 0 Å². The maximum atomic E-state index is 11.2. The molecule has 2 aromatic rings. The van der Waals surface area contributed by atoms with Crippen LogP contribution in [0.2, 0.25) is 0 Å². The lowest BCUT2D eigenvalue weighted by atomic mass is 9.97. The Labute approximate surface area is 134 Å². The number of benzene rings is 1. The highest BCUT2D eigenvalue weighted by atomic mass is 16.5. The van der Waals surface area contributed by atoms with Crippen LogP contribution in [0.1, 0.15) is 25.7 Å². The summed E-state index contributed by atoms with van der Waals surface area (Å²) in [6.07, 6.45) is 5.37. The molecule has 0 saturated heterocycles. The number of ether oxygens (including phenoxy) is 2. The van der Waals surface area contributed by atoms with Crippen LogP contribution in [0.15, 0.2) is 35.1 Å². The quantitative estimate of drug-likeness (QED) is 0.942. The summed E-state index contributed by atoms with van der Waals surface area (Å²) in [5.74, 6) is 3.01. The monoisotopic (exact) mass is 312 g/mol. The molecular formula is C18H20N2O3. The van der Waals surface area contributed by atoms with Gasteiger partial charge in [0.25, 0.3) is 5.56 Å². The molecule has 2 bridgehead atoms. The van der Waals surface area contributed by atoms with Crippen LogP contribution in [-0.4, -0.2) is 23.4 Å². The molecule has 0 amide bonds. The Kier molecular flexibility index (Phi) is 3.56. The van der Waals surface area contributed by atoms with Crippen LogP contribution >= 0.6 is 0 Å². The predicted molar refractivity (Wildman–Crippen MR) is 86.7 cm³/mol. The molecule has 23 heavy (non-hydrogen) atoms. The first-order chi connectivity index (χ1) is 11.2. The molecule has 5 nitrogen and oxygen atoms in total. The summed E-state index contributed by atoms with van der Waals surface area (Å²) in [4.78, 5) is 11.2. The summed E-state index contributed by atoms with van der Waals surface area (Å²) >= 11 is 0. The second-order valence-corrected chi connectivity index (χ2v) is 6.50. The first kappa shape index (κ1) is 14.3. The molecule has 1 aromatic heterocycles. The van der Waals surface area contributed by atoms with E-state index in [4.69, 9.17) is 9.47 Å². The average molecular weight is 312 g/mol. The van der Waals surface area contributed by atoms with Crippen LogP contribution in [0.3, 0.4) is 0 Å². The third-order valence-electron chi connectivity index (χ3n) is 5.09. The lowest BCUT2D eigenvalue weighted by Gasteiger charge is -2.24. The number of hydrogen-bond acceptors (Lipinski definition) is 4. The fraction of sp³-hybridized carbons (Fsp3) is 0.444. The van der Waals surface area contributed by atoms with Gasteiger partial charge in [-0.1, -0.05) is 0 Å². The standard InChI is InChI=1S/C18H20N2O3/c1-22-15-6-4-12(14-5-7-18(21)20-19-14)10-17(15)23-16-9-11-2-3-13(16)8-11/h4-7,10-11,13,16H,2-3,8-9H2,1H3,(H,20,21). The fourth-order valence-electron chi connectivity index (χ4n) is 3.93. The van der Waals surface area contributed by atoms with Gasteiger partial charge in [0.1, 0.15) is 6.10 Å². The highest BCUT2D eigenvalue weighted by molar-refractivity contribution is 5.63. The Hall–Kier alpha value is -2.30. The van der Waals surface area contributed by atoms with Crippen molar-refractivity contribution < 1.29 is 9.47 Å². The molecule has 0 radical (unpaired) electrons. The molecule has 0 spiro atoms. The topological polar surface area (TPSA) is 64.2 Å². The summed E-state index contributed by atoms with van der Waals surface area (Å²) in [6, 6.07) is 8.95. The largest absolute Gasteiger partial charge is 0.493 e. The van der Waals surface area contributed by atoms with E-state index in [0.29, 0.717) is 17.7 Å². The van der Waals surface area contributed by atoms with Crippen LogP contribution in [-0.2, 0) is 0 Å². The Bertz CT molecular complexity index is 751. The number of H-pyrrole nitrogens is 1. The van der Waals surface area contributed by atoms with Crippen molar-refractivity contribution in [2.45, 2.75) is 31.8 Å². The number of rotatable bonds is 4. The highest BCUT2D eigenvalue weighted by Gasteiger charge is 2.41. The van der Waals surface area contributed by atoms with Gasteiger partial charge < -0.3 is 9.47 Å². The van der Waals surface area contributed by atoms with Crippen molar-refractivity contribution in [3.8, 4) is 22.8 Å². The predicted octanol–water partition coefficient (Wildman–Crippen LogP) is 3.01. The molecule has 2 aliphatic carbocycles. The number of nitrogens with zero attached hydrogens (tertiary/aromatic N) is 1. The van der Waals surface area contributed by atoms with E-state index in [-0.39, 0.29) is 5.56 Å². The van der Waals surface area contributed by atoms with Crippen molar-refractivity contribution in [2.75, 3.05) is 7.11 Å². The van der Waals surface area contributed by atoms with E-state index < -0.39 is 0 Å². The van der Waals surface area contributed by atoms with E-state index in [1.165, 1.54) is 25.3 Å². The van der Waals surface area contributed by atoms with E-state index in [0.717, 1.165) is 29.4 Å². The van der Waals surface area contributed by atoms with Crippen LogP contribution in [0, 0.1) is 11.8 Å². The second-order valence-electron chi connectivity index (χ2n) is 6.50. The molecule has 1 N–H and O–H groups in total.